The standard InChI is InChI=1S/C16H23FN4O2/c1-13-11-19(5-7-20-9-10-23-12-16(20)22)6-8-21(13)15-4-2-3-14(17)18-15/h2-4,13H,5-12H2,1H3. The lowest BCUT2D eigenvalue weighted by Crippen LogP contribution is -2.54. The van der Waals surface area contributed by atoms with Crippen LogP contribution in [0.25, 0.3) is 0 Å². The van der Waals surface area contributed by atoms with Crippen LogP contribution in [0.3, 0.4) is 0 Å². The van der Waals surface area contributed by atoms with E-state index in [1.165, 1.54) is 6.07 Å². The van der Waals surface area contributed by atoms with Gasteiger partial charge in [0.2, 0.25) is 11.9 Å². The molecule has 3 rings (SSSR count). The van der Waals surface area contributed by atoms with Gasteiger partial charge in [-0.05, 0) is 19.1 Å². The first-order valence-electron chi connectivity index (χ1n) is 8.10. The Hall–Kier alpha value is -1.73. The number of piperazine rings is 1. The van der Waals surface area contributed by atoms with E-state index in [1.807, 2.05) is 11.0 Å². The minimum absolute atomic E-state index is 0.0758. The van der Waals surface area contributed by atoms with Crippen molar-refractivity contribution in [1.29, 1.82) is 0 Å². The van der Waals surface area contributed by atoms with Gasteiger partial charge < -0.3 is 14.5 Å². The fourth-order valence-electron chi connectivity index (χ4n) is 3.18. The zero-order chi connectivity index (χ0) is 16.2. The fourth-order valence-corrected chi connectivity index (χ4v) is 3.18. The lowest BCUT2D eigenvalue weighted by molar-refractivity contribution is -0.142. The van der Waals surface area contributed by atoms with Crippen LogP contribution < -0.4 is 4.90 Å². The Bertz CT molecular complexity index is 557. The molecular weight excluding hydrogens is 299 g/mol. The molecule has 6 nitrogen and oxygen atoms in total. The van der Waals surface area contributed by atoms with Crippen LogP contribution in [0.4, 0.5) is 10.2 Å². The molecule has 1 aromatic rings. The van der Waals surface area contributed by atoms with Crippen molar-refractivity contribution in [2.24, 2.45) is 0 Å². The van der Waals surface area contributed by atoms with Gasteiger partial charge >= 0.3 is 0 Å². The third-order valence-corrected chi connectivity index (χ3v) is 4.48. The molecule has 0 N–H and O–H groups in total. The monoisotopic (exact) mass is 322 g/mol. The highest BCUT2D eigenvalue weighted by Gasteiger charge is 2.26. The number of rotatable bonds is 4. The summed E-state index contributed by atoms with van der Waals surface area (Å²) in [5.41, 5.74) is 0. The van der Waals surface area contributed by atoms with Crippen molar-refractivity contribution in [3.63, 3.8) is 0 Å². The second-order valence-corrected chi connectivity index (χ2v) is 6.09. The van der Waals surface area contributed by atoms with Gasteiger partial charge in [-0.15, -0.1) is 0 Å². The number of halogens is 1. The predicted molar refractivity (Wildman–Crippen MR) is 84.8 cm³/mol. The molecule has 2 aliphatic heterocycles. The minimum Gasteiger partial charge on any atom is -0.370 e. The molecular formula is C16H23FN4O2. The Balaban J connectivity index is 1.51. The molecule has 0 spiro atoms. The maximum Gasteiger partial charge on any atom is 0.248 e. The second-order valence-electron chi connectivity index (χ2n) is 6.09. The third-order valence-electron chi connectivity index (χ3n) is 4.48. The van der Waals surface area contributed by atoms with Gasteiger partial charge in [0, 0.05) is 45.3 Å². The van der Waals surface area contributed by atoms with E-state index in [2.05, 4.69) is 21.7 Å². The fraction of sp³-hybridized carbons (Fsp3) is 0.625. The first-order chi connectivity index (χ1) is 11.1. The summed E-state index contributed by atoms with van der Waals surface area (Å²) in [6.45, 7) is 7.83. The van der Waals surface area contributed by atoms with Crippen molar-refractivity contribution in [3.8, 4) is 0 Å². The number of hydrogen-bond donors (Lipinski definition) is 0. The predicted octanol–water partition coefficient (Wildman–Crippen LogP) is 0.590. The van der Waals surface area contributed by atoms with E-state index in [-0.39, 0.29) is 18.6 Å². The van der Waals surface area contributed by atoms with Gasteiger partial charge in [0.05, 0.1) is 6.61 Å². The minimum atomic E-state index is -0.442. The molecule has 0 bridgehead atoms. The van der Waals surface area contributed by atoms with Crippen LogP contribution in [-0.4, -0.2) is 79.2 Å². The van der Waals surface area contributed by atoms with Crippen molar-refractivity contribution in [2.75, 3.05) is 57.4 Å². The quantitative estimate of drug-likeness (QED) is 0.760. The zero-order valence-electron chi connectivity index (χ0n) is 13.4. The zero-order valence-corrected chi connectivity index (χ0v) is 13.4. The second kappa shape index (κ2) is 7.23. The van der Waals surface area contributed by atoms with E-state index in [9.17, 15) is 9.18 Å². The Morgan fingerprint density at radius 2 is 2.17 bits per heavy atom. The summed E-state index contributed by atoms with van der Waals surface area (Å²) in [7, 11) is 0. The molecule has 0 radical (unpaired) electrons. The van der Waals surface area contributed by atoms with E-state index in [0.717, 1.165) is 32.7 Å². The van der Waals surface area contributed by atoms with Crippen molar-refractivity contribution in [3.05, 3.63) is 24.1 Å². The lowest BCUT2D eigenvalue weighted by atomic mass is 10.2. The molecule has 2 fully saturated rings. The average molecular weight is 322 g/mol. The topological polar surface area (TPSA) is 48.9 Å². The van der Waals surface area contributed by atoms with Crippen molar-refractivity contribution >= 4 is 11.7 Å². The Labute approximate surface area is 135 Å². The third kappa shape index (κ3) is 3.97. The van der Waals surface area contributed by atoms with Gasteiger partial charge in [-0.1, -0.05) is 6.07 Å². The molecule has 23 heavy (non-hydrogen) atoms. The number of aromatic nitrogens is 1. The van der Waals surface area contributed by atoms with Crippen LogP contribution in [0.5, 0.6) is 0 Å². The summed E-state index contributed by atoms with van der Waals surface area (Å²) < 4.78 is 18.4. The highest BCUT2D eigenvalue weighted by Crippen LogP contribution is 2.18. The van der Waals surface area contributed by atoms with E-state index >= 15 is 0 Å². The Morgan fingerprint density at radius 3 is 2.91 bits per heavy atom. The number of amides is 1. The van der Waals surface area contributed by atoms with E-state index in [0.29, 0.717) is 19.0 Å². The Kier molecular flexibility index (Phi) is 5.07. The van der Waals surface area contributed by atoms with E-state index in [4.69, 9.17) is 4.74 Å². The van der Waals surface area contributed by atoms with Gasteiger partial charge in [-0.3, -0.25) is 9.69 Å². The highest BCUT2D eigenvalue weighted by molar-refractivity contribution is 5.77. The van der Waals surface area contributed by atoms with Gasteiger partial charge in [0.25, 0.3) is 0 Å². The summed E-state index contributed by atoms with van der Waals surface area (Å²) in [6.07, 6.45) is 0. The molecule has 7 heteroatoms. The molecule has 1 unspecified atom stereocenters. The van der Waals surface area contributed by atoms with Crippen molar-refractivity contribution in [2.45, 2.75) is 13.0 Å². The molecule has 0 aromatic carbocycles. The number of nitrogens with zero attached hydrogens (tertiary/aromatic N) is 4. The SMILES string of the molecule is CC1CN(CCN2CCOCC2=O)CCN1c1cccc(F)n1. The van der Waals surface area contributed by atoms with Gasteiger partial charge in [-0.25, -0.2) is 4.98 Å². The molecule has 0 saturated carbocycles. The molecule has 2 aliphatic rings. The first kappa shape index (κ1) is 16.1. The van der Waals surface area contributed by atoms with Gasteiger partial charge in [0.1, 0.15) is 12.4 Å². The van der Waals surface area contributed by atoms with Crippen molar-refractivity contribution < 1.29 is 13.9 Å². The molecule has 1 amide bonds. The number of anilines is 1. The number of carbonyl (C=O) groups is 1. The van der Waals surface area contributed by atoms with Crippen LogP contribution in [0.2, 0.25) is 0 Å². The largest absolute Gasteiger partial charge is 0.370 e. The summed E-state index contributed by atoms with van der Waals surface area (Å²) in [5.74, 6) is 0.329. The maximum atomic E-state index is 13.3. The number of morpholine rings is 1. The number of carbonyl (C=O) groups excluding carboxylic acids is 1. The van der Waals surface area contributed by atoms with Crippen LogP contribution in [0.15, 0.2) is 18.2 Å². The van der Waals surface area contributed by atoms with E-state index < -0.39 is 5.95 Å². The maximum absolute atomic E-state index is 13.3. The summed E-state index contributed by atoms with van der Waals surface area (Å²) in [5, 5.41) is 0. The van der Waals surface area contributed by atoms with Crippen LogP contribution in [0.1, 0.15) is 6.92 Å². The highest BCUT2D eigenvalue weighted by atomic mass is 19.1. The summed E-state index contributed by atoms with van der Waals surface area (Å²) in [4.78, 5) is 22.1. The van der Waals surface area contributed by atoms with Crippen LogP contribution in [-0.2, 0) is 9.53 Å². The number of hydrogen-bond acceptors (Lipinski definition) is 5. The smallest absolute Gasteiger partial charge is 0.248 e. The lowest BCUT2D eigenvalue weighted by Gasteiger charge is -2.41. The molecule has 2 saturated heterocycles. The summed E-state index contributed by atoms with van der Waals surface area (Å²) in [6, 6.07) is 5.17. The first-order valence-corrected chi connectivity index (χ1v) is 8.10. The molecule has 0 aliphatic carbocycles. The van der Waals surface area contributed by atoms with Gasteiger partial charge in [0.15, 0.2) is 0 Å². The summed E-state index contributed by atoms with van der Waals surface area (Å²) >= 11 is 0. The van der Waals surface area contributed by atoms with Gasteiger partial charge in [-0.2, -0.15) is 4.39 Å². The number of ether oxygens (including phenoxy) is 1. The van der Waals surface area contributed by atoms with Crippen molar-refractivity contribution in [1.82, 2.24) is 14.8 Å². The van der Waals surface area contributed by atoms with E-state index in [1.54, 1.807) is 6.07 Å². The number of pyridine rings is 1. The molecule has 3 heterocycles. The molecule has 126 valence electrons. The van der Waals surface area contributed by atoms with Crippen LogP contribution >= 0.6 is 0 Å². The van der Waals surface area contributed by atoms with Crippen LogP contribution in [0, 0.1) is 5.95 Å². The Morgan fingerprint density at radius 1 is 1.30 bits per heavy atom. The average Bonchev–Trinajstić information content (AvgIpc) is 2.54. The normalized spacial score (nSPS) is 23.4. The molecule has 1 aromatic heterocycles. The molecule has 1 atom stereocenters.